The lowest BCUT2D eigenvalue weighted by atomic mass is 9.93. The van der Waals surface area contributed by atoms with Gasteiger partial charge in [-0.15, -0.1) is 0 Å². The first kappa shape index (κ1) is 27.2. The van der Waals surface area contributed by atoms with E-state index < -0.39 is 0 Å². The fourth-order valence-electron chi connectivity index (χ4n) is 4.82. The van der Waals surface area contributed by atoms with Gasteiger partial charge in [0.25, 0.3) is 5.82 Å². The maximum absolute atomic E-state index is 3.50. The van der Waals surface area contributed by atoms with Crippen molar-refractivity contribution in [2.24, 2.45) is 7.05 Å². The van der Waals surface area contributed by atoms with E-state index in [-0.39, 0.29) is 0 Å². The van der Waals surface area contributed by atoms with Crippen molar-refractivity contribution in [2.75, 3.05) is 0 Å². The molecular formula is C28H55N2+. The van der Waals surface area contributed by atoms with Gasteiger partial charge in [-0.05, 0) is 12.8 Å². The molecule has 0 saturated heterocycles. The molecule has 1 heterocycles. The molecule has 0 saturated carbocycles. The standard InChI is InChI=1S/C28H54N2/c1-4-6-8-9-10-11-12-13-14-15-16-17-18-19-20-22-24-27(23-21-7-5-2)28-29-25-26-30(28)3/h25-27H,4-24H2,1-3H3/p+1/t27-/m0/s1. The van der Waals surface area contributed by atoms with Gasteiger partial charge in [-0.25, -0.2) is 9.55 Å². The van der Waals surface area contributed by atoms with Crippen LogP contribution >= 0.6 is 0 Å². The van der Waals surface area contributed by atoms with Gasteiger partial charge in [0, 0.05) is 0 Å². The van der Waals surface area contributed by atoms with Crippen molar-refractivity contribution in [3.63, 3.8) is 0 Å². The smallest absolute Gasteiger partial charge is 0.247 e. The number of unbranched alkanes of at least 4 members (excludes halogenated alkanes) is 17. The number of imidazole rings is 1. The number of aromatic amines is 1. The highest BCUT2D eigenvalue weighted by molar-refractivity contribution is 4.89. The molecule has 1 atom stereocenters. The van der Waals surface area contributed by atoms with E-state index in [1.807, 2.05) is 0 Å². The highest BCUT2D eigenvalue weighted by Crippen LogP contribution is 2.25. The third-order valence-electron chi connectivity index (χ3n) is 6.86. The summed E-state index contributed by atoms with van der Waals surface area (Å²) in [5, 5.41) is 0. The molecule has 0 aliphatic carbocycles. The molecule has 1 aromatic rings. The van der Waals surface area contributed by atoms with Crippen molar-refractivity contribution >= 4 is 0 Å². The van der Waals surface area contributed by atoms with Crippen molar-refractivity contribution in [3.8, 4) is 0 Å². The summed E-state index contributed by atoms with van der Waals surface area (Å²) in [6.45, 7) is 4.61. The fraction of sp³-hybridized carbons (Fsp3) is 0.893. The second kappa shape index (κ2) is 20.1. The molecule has 1 aromatic heterocycles. The van der Waals surface area contributed by atoms with Crippen molar-refractivity contribution < 1.29 is 4.57 Å². The average Bonchev–Trinajstić information content (AvgIpc) is 3.18. The highest BCUT2D eigenvalue weighted by atomic mass is 15.0. The summed E-state index contributed by atoms with van der Waals surface area (Å²) in [7, 11) is 2.19. The minimum Gasteiger partial charge on any atom is -0.247 e. The second-order valence-corrected chi connectivity index (χ2v) is 9.74. The lowest BCUT2D eigenvalue weighted by molar-refractivity contribution is -0.679. The highest BCUT2D eigenvalue weighted by Gasteiger charge is 2.20. The SMILES string of the molecule is CCCCCCCCCCCCCCCCCC[C@H](CCCCC)c1[nH]cc[n+]1C. The van der Waals surface area contributed by atoms with Gasteiger partial charge >= 0.3 is 0 Å². The first-order valence-electron chi connectivity index (χ1n) is 13.8. The van der Waals surface area contributed by atoms with Crippen molar-refractivity contribution in [1.29, 1.82) is 0 Å². The Morgan fingerprint density at radius 1 is 0.600 bits per heavy atom. The molecule has 0 bridgehead atoms. The Morgan fingerprint density at radius 3 is 1.37 bits per heavy atom. The van der Waals surface area contributed by atoms with Crippen LogP contribution < -0.4 is 4.57 Å². The predicted molar refractivity (Wildman–Crippen MR) is 133 cm³/mol. The molecule has 1 rings (SSSR count). The van der Waals surface area contributed by atoms with Gasteiger partial charge in [-0.3, -0.25) is 0 Å². The first-order chi connectivity index (χ1) is 14.8. The lowest BCUT2D eigenvalue weighted by Crippen LogP contribution is -2.32. The van der Waals surface area contributed by atoms with Gasteiger partial charge in [0.15, 0.2) is 0 Å². The molecule has 0 fully saturated rings. The Hall–Kier alpha value is -0.790. The van der Waals surface area contributed by atoms with E-state index in [2.05, 4.69) is 42.8 Å². The number of nitrogens with zero attached hydrogens (tertiary/aromatic N) is 1. The van der Waals surface area contributed by atoms with Crippen molar-refractivity contribution in [2.45, 2.75) is 155 Å². The van der Waals surface area contributed by atoms with Crippen LogP contribution in [-0.4, -0.2) is 4.98 Å². The molecule has 176 valence electrons. The number of rotatable bonds is 22. The molecule has 0 unspecified atom stereocenters. The second-order valence-electron chi connectivity index (χ2n) is 9.74. The summed E-state index contributed by atoms with van der Waals surface area (Å²) in [6, 6.07) is 0. The number of hydrogen-bond acceptors (Lipinski definition) is 0. The summed E-state index contributed by atoms with van der Waals surface area (Å²) in [5.41, 5.74) is 0. The minimum absolute atomic E-state index is 0.725. The van der Waals surface area contributed by atoms with Crippen LogP contribution in [0.15, 0.2) is 12.4 Å². The van der Waals surface area contributed by atoms with E-state index in [1.54, 1.807) is 0 Å². The first-order valence-corrected chi connectivity index (χ1v) is 13.8. The van der Waals surface area contributed by atoms with Gasteiger partial charge in [0.05, 0.1) is 13.0 Å². The number of aryl methyl sites for hydroxylation is 1. The summed E-state index contributed by atoms with van der Waals surface area (Å²) >= 11 is 0. The zero-order valence-corrected chi connectivity index (χ0v) is 21.0. The van der Waals surface area contributed by atoms with Crippen LogP contribution in [0.5, 0.6) is 0 Å². The Kier molecular flexibility index (Phi) is 18.3. The van der Waals surface area contributed by atoms with Crippen LogP contribution in [0.3, 0.4) is 0 Å². The summed E-state index contributed by atoms with van der Waals surface area (Å²) in [4.78, 5) is 3.50. The van der Waals surface area contributed by atoms with Crippen molar-refractivity contribution in [3.05, 3.63) is 18.2 Å². The molecule has 2 heteroatoms. The molecule has 1 N–H and O–H groups in total. The third-order valence-corrected chi connectivity index (χ3v) is 6.86. The number of H-pyrrole nitrogens is 1. The van der Waals surface area contributed by atoms with E-state index >= 15 is 0 Å². The fourth-order valence-corrected chi connectivity index (χ4v) is 4.82. The average molecular weight is 420 g/mol. The number of nitrogens with one attached hydrogen (secondary N) is 1. The number of aromatic nitrogens is 2. The zero-order valence-electron chi connectivity index (χ0n) is 21.0. The van der Waals surface area contributed by atoms with Crippen LogP contribution in [0.25, 0.3) is 0 Å². The topological polar surface area (TPSA) is 19.7 Å². The summed E-state index contributed by atoms with van der Waals surface area (Å²) in [6.07, 6.45) is 34.3. The van der Waals surface area contributed by atoms with Gasteiger partial charge in [-0.1, -0.05) is 136 Å². The minimum atomic E-state index is 0.725. The Morgan fingerprint density at radius 2 is 0.967 bits per heavy atom. The maximum Gasteiger partial charge on any atom is 0.257 e. The van der Waals surface area contributed by atoms with Gasteiger partial charge in [0.1, 0.15) is 12.4 Å². The molecule has 0 aliphatic heterocycles. The molecule has 0 radical (unpaired) electrons. The van der Waals surface area contributed by atoms with E-state index in [0.29, 0.717) is 0 Å². The van der Waals surface area contributed by atoms with Crippen LogP contribution in [0.4, 0.5) is 0 Å². The zero-order chi connectivity index (χ0) is 21.7. The predicted octanol–water partition coefficient (Wildman–Crippen LogP) is 9.15. The largest absolute Gasteiger partial charge is 0.257 e. The summed E-state index contributed by atoms with van der Waals surface area (Å²) in [5.74, 6) is 2.16. The van der Waals surface area contributed by atoms with E-state index in [4.69, 9.17) is 0 Å². The quantitative estimate of drug-likeness (QED) is 0.143. The molecule has 0 amide bonds. The maximum atomic E-state index is 3.50. The normalized spacial score (nSPS) is 12.5. The molecule has 0 aliphatic rings. The molecule has 30 heavy (non-hydrogen) atoms. The van der Waals surface area contributed by atoms with Gasteiger partial charge < -0.3 is 0 Å². The molecule has 2 nitrogen and oxygen atoms in total. The van der Waals surface area contributed by atoms with Crippen LogP contribution in [0, 0.1) is 0 Å². The lowest BCUT2D eigenvalue weighted by Gasteiger charge is -2.13. The Labute approximate surface area is 189 Å². The van der Waals surface area contributed by atoms with E-state index in [0.717, 1.165) is 5.92 Å². The molecular weight excluding hydrogens is 364 g/mol. The Balaban J connectivity index is 1.93. The third kappa shape index (κ3) is 14.3. The molecule has 0 aromatic carbocycles. The van der Waals surface area contributed by atoms with Crippen LogP contribution in [0.2, 0.25) is 0 Å². The number of hydrogen-bond donors (Lipinski definition) is 1. The van der Waals surface area contributed by atoms with Crippen LogP contribution in [-0.2, 0) is 7.05 Å². The van der Waals surface area contributed by atoms with E-state index in [9.17, 15) is 0 Å². The van der Waals surface area contributed by atoms with Crippen molar-refractivity contribution in [1.82, 2.24) is 4.98 Å². The van der Waals surface area contributed by atoms with E-state index in [1.165, 1.54) is 141 Å². The van der Waals surface area contributed by atoms with Gasteiger partial charge in [-0.2, -0.15) is 0 Å². The monoisotopic (exact) mass is 419 g/mol. The summed E-state index contributed by atoms with van der Waals surface area (Å²) < 4.78 is 2.29. The van der Waals surface area contributed by atoms with Crippen LogP contribution in [0.1, 0.15) is 160 Å². The van der Waals surface area contributed by atoms with Gasteiger partial charge in [0.2, 0.25) is 0 Å². The Bertz CT molecular complexity index is 465. The molecule has 0 spiro atoms.